The minimum absolute atomic E-state index is 0.601. The molecule has 88 valence electrons. The van der Waals surface area contributed by atoms with Gasteiger partial charge >= 0.3 is 0 Å². The zero-order valence-electron chi connectivity index (χ0n) is 10.7. The molecule has 2 rings (SSSR count). The second-order valence-corrected chi connectivity index (χ2v) is 4.70. The normalized spacial score (nSPS) is 12.5. The van der Waals surface area contributed by atoms with Gasteiger partial charge in [0.25, 0.3) is 0 Å². The SMILES string of the molecule is Cc1[nH]c2ccccc2c1/C=C/C=C/C(C)C. The van der Waals surface area contributed by atoms with Crippen molar-refractivity contribution in [2.45, 2.75) is 20.8 Å². The zero-order chi connectivity index (χ0) is 12.3. The Morgan fingerprint density at radius 3 is 2.65 bits per heavy atom. The lowest BCUT2D eigenvalue weighted by molar-refractivity contribution is 0.832. The van der Waals surface area contributed by atoms with Crippen molar-refractivity contribution in [3.8, 4) is 0 Å². The van der Waals surface area contributed by atoms with E-state index in [1.165, 1.54) is 22.2 Å². The molecule has 2 aromatic rings. The quantitative estimate of drug-likeness (QED) is 0.729. The van der Waals surface area contributed by atoms with Gasteiger partial charge in [-0.15, -0.1) is 0 Å². The molecule has 0 saturated carbocycles. The highest BCUT2D eigenvalue weighted by atomic mass is 14.7. The molecule has 1 heterocycles. The Bertz CT molecular complexity index is 556. The van der Waals surface area contributed by atoms with Crippen LogP contribution in [0.1, 0.15) is 25.1 Å². The fraction of sp³-hybridized carbons (Fsp3) is 0.250. The number of benzene rings is 1. The minimum Gasteiger partial charge on any atom is -0.358 e. The Labute approximate surface area is 103 Å². The number of hydrogen-bond donors (Lipinski definition) is 1. The number of rotatable bonds is 3. The maximum absolute atomic E-state index is 3.40. The summed E-state index contributed by atoms with van der Waals surface area (Å²) in [6.07, 6.45) is 8.60. The second-order valence-electron chi connectivity index (χ2n) is 4.70. The highest BCUT2D eigenvalue weighted by Crippen LogP contribution is 2.22. The first kappa shape index (κ1) is 11.7. The van der Waals surface area contributed by atoms with E-state index in [-0.39, 0.29) is 0 Å². The molecule has 1 aromatic heterocycles. The molecule has 0 aliphatic carbocycles. The molecule has 1 N–H and O–H groups in total. The number of allylic oxidation sites excluding steroid dienone is 3. The van der Waals surface area contributed by atoms with Gasteiger partial charge in [0.15, 0.2) is 0 Å². The molecule has 1 aromatic carbocycles. The van der Waals surface area contributed by atoms with Crippen molar-refractivity contribution in [1.29, 1.82) is 0 Å². The van der Waals surface area contributed by atoms with E-state index in [0.29, 0.717) is 5.92 Å². The molecule has 0 radical (unpaired) electrons. The summed E-state index contributed by atoms with van der Waals surface area (Å²) in [7, 11) is 0. The number of aromatic nitrogens is 1. The van der Waals surface area contributed by atoms with Crippen molar-refractivity contribution in [1.82, 2.24) is 4.98 Å². The number of aromatic amines is 1. The van der Waals surface area contributed by atoms with Gasteiger partial charge in [-0.1, -0.05) is 56.4 Å². The molecule has 17 heavy (non-hydrogen) atoms. The molecule has 0 amide bonds. The van der Waals surface area contributed by atoms with Gasteiger partial charge in [-0.3, -0.25) is 0 Å². The van der Waals surface area contributed by atoms with Gasteiger partial charge in [0, 0.05) is 22.2 Å². The first-order valence-corrected chi connectivity index (χ1v) is 6.10. The molecule has 1 nitrogen and oxygen atoms in total. The van der Waals surface area contributed by atoms with E-state index in [1.807, 2.05) is 0 Å². The van der Waals surface area contributed by atoms with Gasteiger partial charge < -0.3 is 4.98 Å². The average molecular weight is 225 g/mol. The number of fused-ring (bicyclic) bond motifs is 1. The highest BCUT2D eigenvalue weighted by Gasteiger charge is 2.03. The van der Waals surface area contributed by atoms with Gasteiger partial charge in [-0.25, -0.2) is 0 Å². The zero-order valence-corrected chi connectivity index (χ0v) is 10.7. The van der Waals surface area contributed by atoms with Crippen molar-refractivity contribution in [3.63, 3.8) is 0 Å². The van der Waals surface area contributed by atoms with Crippen LogP contribution in [0.4, 0.5) is 0 Å². The van der Waals surface area contributed by atoms with E-state index in [4.69, 9.17) is 0 Å². The molecular weight excluding hydrogens is 206 g/mol. The standard InChI is InChI=1S/C16H19N/c1-12(2)8-4-5-9-14-13(3)17-16-11-7-6-10-15(14)16/h4-12,17H,1-3H3/b8-4+,9-5+. The Kier molecular flexibility index (Phi) is 3.48. The molecule has 0 bridgehead atoms. The van der Waals surface area contributed by atoms with Crippen LogP contribution in [0.5, 0.6) is 0 Å². The first-order chi connectivity index (χ1) is 8.18. The van der Waals surface area contributed by atoms with E-state index >= 15 is 0 Å². The van der Waals surface area contributed by atoms with Gasteiger partial charge in [0.2, 0.25) is 0 Å². The van der Waals surface area contributed by atoms with Crippen LogP contribution in [0, 0.1) is 12.8 Å². The molecule has 0 fully saturated rings. The topological polar surface area (TPSA) is 15.8 Å². The van der Waals surface area contributed by atoms with Crippen molar-refractivity contribution in [3.05, 3.63) is 53.8 Å². The van der Waals surface area contributed by atoms with E-state index in [1.54, 1.807) is 0 Å². The summed E-state index contributed by atoms with van der Waals surface area (Å²) < 4.78 is 0. The Morgan fingerprint density at radius 2 is 1.88 bits per heavy atom. The summed E-state index contributed by atoms with van der Waals surface area (Å²) in [6, 6.07) is 8.41. The third-order valence-corrected chi connectivity index (χ3v) is 2.81. The Balaban J connectivity index is 2.32. The minimum atomic E-state index is 0.601. The van der Waals surface area contributed by atoms with Crippen LogP contribution < -0.4 is 0 Å². The summed E-state index contributed by atoms with van der Waals surface area (Å²) >= 11 is 0. The van der Waals surface area contributed by atoms with Gasteiger partial charge in [-0.2, -0.15) is 0 Å². The van der Waals surface area contributed by atoms with Crippen LogP contribution in [0.15, 0.2) is 42.5 Å². The number of para-hydroxylation sites is 1. The first-order valence-electron chi connectivity index (χ1n) is 6.10. The van der Waals surface area contributed by atoms with Crippen LogP contribution in [0.2, 0.25) is 0 Å². The molecule has 1 heteroatoms. The molecular formula is C16H19N. The number of H-pyrrole nitrogens is 1. The van der Waals surface area contributed by atoms with E-state index in [0.717, 1.165) is 0 Å². The summed E-state index contributed by atoms with van der Waals surface area (Å²) in [4.78, 5) is 3.40. The Hall–Kier alpha value is -1.76. The predicted octanol–water partition coefficient (Wildman–Crippen LogP) is 4.70. The largest absolute Gasteiger partial charge is 0.358 e. The summed E-state index contributed by atoms with van der Waals surface area (Å²) in [6.45, 7) is 6.48. The lowest BCUT2D eigenvalue weighted by atomic mass is 10.1. The summed E-state index contributed by atoms with van der Waals surface area (Å²) in [5.74, 6) is 0.601. The number of nitrogens with one attached hydrogen (secondary N) is 1. The fourth-order valence-corrected chi connectivity index (χ4v) is 1.95. The van der Waals surface area contributed by atoms with Crippen LogP contribution in [0.3, 0.4) is 0 Å². The molecule has 0 atom stereocenters. The maximum atomic E-state index is 3.40. The number of hydrogen-bond acceptors (Lipinski definition) is 0. The predicted molar refractivity (Wildman–Crippen MR) is 76.0 cm³/mol. The Morgan fingerprint density at radius 1 is 1.12 bits per heavy atom. The van der Waals surface area contributed by atoms with E-state index in [2.05, 4.69) is 74.3 Å². The monoisotopic (exact) mass is 225 g/mol. The van der Waals surface area contributed by atoms with Crippen LogP contribution in [0.25, 0.3) is 17.0 Å². The molecule has 0 spiro atoms. The fourth-order valence-electron chi connectivity index (χ4n) is 1.95. The van der Waals surface area contributed by atoms with Crippen molar-refractivity contribution in [2.75, 3.05) is 0 Å². The molecule has 0 unspecified atom stereocenters. The van der Waals surface area contributed by atoms with Crippen LogP contribution >= 0.6 is 0 Å². The lowest BCUT2D eigenvalue weighted by Gasteiger charge is -1.93. The lowest BCUT2D eigenvalue weighted by Crippen LogP contribution is -1.76. The van der Waals surface area contributed by atoms with Gasteiger partial charge in [0.1, 0.15) is 0 Å². The maximum Gasteiger partial charge on any atom is 0.0462 e. The third kappa shape index (κ3) is 2.68. The smallest absolute Gasteiger partial charge is 0.0462 e. The summed E-state index contributed by atoms with van der Waals surface area (Å²) in [5.41, 5.74) is 3.71. The average Bonchev–Trinajstić information content (AvgIpc) is 2.60. The highest BCUT2D eigenvalue weighted by molar-refractivity contribution is 5.90. The van der Waals surface area contributed by atoms with Crippen LogP contribution in [-0.4, -0.2) is 4.98 Å². The van der Waals surface area contributed by atoms with Gasteiger partial charge in [0.05, 0.1) is 0 Å². The molecule has 0 aliphatic heterocycles. The van der Waals surface area contributed by atoms with Gasteiger partial charge in [-0.05, 0) is 18.9 Å². The van der Waals surface area contributed by atoms with E-state index < -0.39 is 0 Å². The van der Waals surface area contributed by atoms with Crippen molar-refractivity contribution >= 4 is 17.0 Å². The summed E-state index contributed by atoms with van der Waals surface area (Å²) in [5, 5.41) is 1.29. The van der Waals surface area contributed by atoms with Crippen LogP contribution in [-0.2, 0) is 0 Å². The van der Waals surface area contributed by atoms with Crippen molar-refractivity contribution < 1.29 is 0 Å². The second kappa shape index (κ2) is 5.05. The molecule has 0 aliphatic rings. The van der Waals surface area contributed by atoms with E-state index in [9.17, 15) is 0 Å². The van der Waals surface area contributed by atoms with Crippen molar-refractivity contribution in [2.24, 2.45) is 5.92 Å². The third-order valence-electron chi connectivity index (χ3n) is 2.81. The number of aryl methyl sites for hydroxylation is 1. The molecule has 0 saturated heterocycles.